The van der Waals surface area contributed by atoms with Gasteiger partial charge in [0.1, 0.15) is 18.7 Å². The minimum absolute atomic E-state index is 0.0640. The fraction of sp³-hybridized carbons (Fsp3) is 0.333. The molecule has 39 heavy (non-hydrogen) atoms. The zero-order chi connectivity index (χ0) is 27.1. The largest absolute Gasteiger partial charge is 0.492 e. The van der Waals surface area contributed by atoms with Crippen molar-refractivity contribution in [2.24, 2.45) is 5.41 Å². The molecule has 0 saturated carbocycles. The van der Waals surface area contributed by atoms with Gasteiger partial charge < -0.3 is 14.5 Å². The van der Waals surface area contributed by atoms with Crippen LogP contribution in [0.15, 0.2) is 60.9 Å². The lowest BCUT2D eigenvalue weighted by molar-refractivity contribution is 0.188. The number of amides is 2. The molecule has 5 aromatic rings. The molecule has 1 aliphatic rings. The zero-order valence-electron chi connectivity index (χ0n) is 22.8. The van der Waals surface area contributed by atoms with Gasteiger partial charge in [-0.05, 0) is 52.6 Å². The molecule has 0 atom stereocenters. The second-order valence-corrected chi connectivity index (χ2v) is 11.4. The van der Waals surface area contributed by atoms with Crippen LogP contribution in [0.1, 0.15) is 20.8 Å². The molecule has 1 saturated heterocycles. The van der Waals surface area contributed by atoms with Crippen molar-refractivity contribution in [2.75, 3.05) is 33.3 Å². The molecule has 1 fully saturated rings. The van der Waals surface area contributed by atoms with E-state index in [1.807, 2.05) is 40.9 Å². The van der Waals surface area contributed by atoms with Gasteiger partial charge in [-0.1, -0.05) is 39.0 Å². The second kappa shape index (κ2) is 9.72. The van der Waals surface area contributed by atoms with Gasteiger partial charge in [-0.2, -0.15) is 10.2 Å². The van der Waals surface area contributed by atoms with E-state index in [0.29, 0.717) is 19.0 Å². The third-order valence-corrected chi connectivity index (χ3v) is 7.01. The van der Waals surface area contributed by atoms with E-state index in [2.05, 4.69) is 66.3 Å². The summed E-state index contributed by atoms with van der Waals surface area (Å²) in [5.74, 6) is 1.50. The number of rotatable bonds is 7. The third-order valence-electron chi connectivity index (χ3n) is 7.01. The van der Waals surface area contributed by atoms with Crippen LogP contribution in [0.4, 0.5) is 4.79 Å². The van der Waals surface area contributed by atoms with Crippen LogP contribution in [0.5, 0.6) is 5.75 Å². The average Bonchev–Trinajstić information content (AvgIpc) is 3.62. The predicted octanol–water partition coefficient (Wildman–Crippen LogP) is 5.43. The number of hydrogen-bond donors (Lipinski definition) is 1. The first-order chi connectivity index (χ1) is 18.7. The van der Waals surface area contributed by atoms with Crippen LogP contribution in [0.3, 0.4) is 0 Å². The van der Waals surface area contributed by atoms with Gasteiger partial charge >= 0.3 is 6.03 Å². The summed E-state index contributed by atoms with van der Waals surface area (Å²) in [5, 5.41) is 15.7. The van der Waals surface area contributed by atoms with Crippen LogP contribution in [0.2, 0.25) is 0 Å². The summed E-state index contributed by atoms with van der Waals surface area (Å²) in [6.07, 6.45) is 1.80. The standard InChI is InChI=1S/C30H33N7O2/c1-30(2,3)18-37-19-31-28(34-37)23-8-10-26-25(17-23)27(33-32-26)22-6-5-21-16-24(9-7-20(21)15-22)39-14-13-36-12-11-35(4)29(36)38/h5-10,15-17,19H,11-14,18H2,1-4H3,(H,32,33). The average molecular weight is 524 g/mol. The van der Waals surface area contributed by atoms with Crippen molar-refractivity contribution in [3.63, 3.8) is 0 Å². The number of likely N-dealkylation sites (N-methyl/N-ethyl adjacent to an activating group) is 1. The molecule has 0 radical (unpaired) electrons. The van der Waals surface area contributed by atoms with E-state index >= 15 is 0 Å². The molecule has 6 rings (SSSR count). The van der Waals surface area contributed by atoms with Crippen molar-refractivity contribution in [1.82, 2.24) is 34.8 Å². The van der Waals surface area contributed by atoms with Crippen LogP contribution in [-0.4, -0.2) is 74.1 Å². The number of fused-ring (bicyclic) bond motifs is 2. The lowest BCUT2D eigenvalue weighted by Crippen LogP contribution is -2.32. The lowest BCUT2D eigenvalue weighted by Gasteiger charge is -2.16. The van der Waals surface area contributed by atoms with Crippen molar-refractivity contribution >= 4 is 27.7 Å². The van der Waals surface area contributed by atoms with E-state index in [1.54, 1.807) is 11.2 Å². The number of urea groups is 1. The van der Waals surface area contributed by atoms with E-state index in [1.165, 1.54) is 0 Å². The quantitative estimate of drug-likeness (QED) is 0.307. The van der Waals surface area contributed by atoms with Crippen molar-refractivity contribution in [2.45, 2.75) is 27.3 Å². The van der Waals surface area contributed by atoms with Crippen LogP contribution in [0, 0.1) is 5.41 Å². The third kappa shape index (κ3) is 5.16. The van der Waals surface area contributed by atoms with Crippen molar-refractivity contribution < 1.29 is 9.53 Å². The van der Waals surface area contributed by atoms with Gasteiger partial charge in [0.25, 0.3) is 0 Å². The Labute approximate surface area is 227 Å². The van der Waals surface area contributed by atoms with Crippen molar-refractivity contribution in [3.05, 3.63) is 60.9 Å². The molecule has 200 valence electrons. The van der Waals surface area contributed by atoms with Crippen LogP contribution < -0.4 is 4.74 Å². The Morgan fingerprint density at radius 1 is 0.974 bits per heavy atom. The Hall–Kier alpha value is -4.40. The van der Waals surface area contributed by atoms with Gasteiger partial charge in [-0.3, -0.25) is 9.78 Å². The van der Waals surface area contributed by atoms with Gasteiger partial charge in [-0.15, -0.1) is 0 Å². The maximum absolute atomic E-state index is 12.1. The SMILES string of the molecule is CN1CCN(CCOc2ccc3cc(-c4n[nH]c5ccc(-c6ncn(CC(C)(C)C)n6)cc45)ccc3c2)C1=O. The number of H-pyrrole nitrogens is 1. The molecule has 0 spiro atoms. The predicted molar refractivity (Wildman–Crippen MR) is 153 cm³/mol. The van der Waals surface area contributed by atoms with E-state index in [4.69, 9.17) is 9.84 Å². The summed E-state index contributed by atoms with van der Waals surface area (Å²) in [4.78, 5) is 20.2. The number of nitrogens with one attached hydrogen (secondary N) is 1. The molecule has 1 aliphatic heterocycles. The van der Waals surface area contributed by atoms with Gasteiger partial charge in [0.05, 0.1) is 17.8 Å². The molecular formula is C30H33N7O2. The number of aromatic nitrogens is 5. The molecule has 2 amide bonds. The van der Waals surface area contributed by atoms with Crippen LogP contribution in [0.25, 0.3) is 44.3 Å². The molecular weight excluding hydrogens is 490 g/mol. The summed E-state index contributed by atoms with van der Waals surface area (Å²) in [6.45, 7) is 9.93. The van der Waals surface area contributed by atoms with Gasteiger partial charge in [0.15, 0.2) is 5.82 Å². The summed E-state index contributed by atoms with van der Waals surface area (Å²) >= 11 is 0. The second-order valence-electron chi connectivity index (χ2n) is 11.4. The molecule has 3 heterocycles. The monoisotopic (exact) mass is 523 g/mol. The molecule has 9 nitrogen and oxygen atoms in total. The highest BCUT2D eigenvalue weighted by atomic mass is 16.5. The van der Waals surface area contributed by atoms with E-state index in [0.717, 1.165) is 63.9 Å². The van der Waals surface area contributed by atoms with E-state index in [9.17, 15) is 4.79 Å². The van der Waals surface area contributed by atoms with Gasteiger partial charge in [-0.25, -0.2) is 9.78 Å². The molecule has 0 unspecified atom stereocenters. The number of hydrogen-bond acceptors (Lipinski definition) is 5. The smallest absolute Gasteiger partial charge is 0.319 e. The summed E-state index contributed by atoms with van der Waals surface area (Å²) in [6, 6.07) is 18.6. The lowest BCUT2D eigenvalue weighted by atomic mass is 9.97. The maximum Gasteiger partial charge on any atom is 0.319 e. The topological polar surface area (TPSA) is 92.2 Å². The minimum Gasteiger partial charge on any atom is -0.492 e. The van der Waals surface area contributed by atoms with Gasteiger partial charge in [0, 0.05) is 43.2 Å². The number of nitrogens with zero attached hydrogens (tertiary/aromatic N) is 6. The van der Waals surface area contributed by atoms with Crippen molar-refractivity contribution in [3.8, 4) is 28.4 Å². The van der Waals surface area contributed by atoms with Crippen molar-refractivity contribution in [1.29, 1.82) is 0 Å². The highest BCUT2D eigenvalue weighted by Crippen LogP contribution is 2.32. The fourth-order valence-electron chi connectivity index (χ4n) is 5.01. The molecule has 0 aliphatic carbocycles. The minimum atomic E-state index is 0.0640. The van der Waals surface area contributed by atoms with E-state index in [-0.39, 0.29) is 11.4 Å². The highest BCUT2D eigenvalue weighted by Gasteiger charge is 2.24. The Bertz CT molecular complexity index is 1660. The number of carbonyl (C=O) groups excluding carboxylic acids is 1. The molecule has 3 aromatic carbocycles. The number of ether oxygens (including phenoxy) is 1. The van der Waals surface area contributed by atoms with Crippen LogP contribution >= 0.6 is 0 Å². The van der Waals surface area contributed by atoms with E-state index < -0.39 is 0 Å². The van der Waals surface area contributed by atoms with Gasteiger partial charge in [0.2, 0.25) is 0 Å². The Kier molecular flexibility index (Phi) is 6.21. The molecule has 2 aromatic heterocycles. The fourth-order valence-corrected chi connectivity index (χ4v) is 5.01. The molecule has 1 N–H and O–H groups in total. The highest BCUT2D eigenvalue weighted by molar-refractivity contribution is 5.97. The first kappa shape index (κ1) is 24.9. The Morgan fingerprint density at radius 2 is 1.77 bits per heavy atom. The first-order valence-corrected chi connectivity index (χ1v) is 13.3. The summed E-state index contributed by atoms with van der Waals surface area (Å²) < 4.78 is 7.86. The normalized spacial score (nSPS) is 14.2. The number of aromatic amines is 1. The number of benzene rings is 3. The zero-order valence-corrected chi connectivity index (χ0v) is 22.8. The summed E-state index contributed by atoms with van der Waals surface area (Å²) in [7, 11) is 1.83. The molecule has 9 heteroatoms. The maximum atomic E-state index is 12.1. The molecule has 0 bridgehead atoms. The Morgan fingerprint density at radius 3 is 2.56 bits per heavy atom. The first-order valence-electron chi connectivity index (χ1n) is 13.3. The summed E-state index contributed by atoms with van der Waals surface area (Å²) in [5.41, 5.74) is 3.98. The Balaban J connectivity index is 1.21. The van der Waals surface area contributed by atoms with Crippen LogP contribution in [-0.2, 0) is 6.54 Å². The number of carbonyl (C=O) groups is 1.